The molecule has 0 spiro atoms. The highest BCUT2D eigenvalue weighted by Gasteiger charge is 2.24. The first-order valence-corrected chi connectivity index (χ1v) is 26.5. The number of nitrogens with one attached hydrogen (secondary N) is 1. The second-order valence-corrected chi connectivity index (χ2v) is 17.6. The van der Waals surface area contributed by atoms with Gasteiger partial charge in [-0.15, -0.1) is 0 Å². The minimum Gasteiger partial charge on any atom is -0.462 e. The third kappa shape index (κ3) is 45.4. The molecule has 0 aliphatic rings. The summed E-state index contributed by atoms with van der Waals surface area (Å²) in [7, 11) is 0. The Bertz CT molecular complexity index is 1270. The number of esters is 1. The summed E-state index contributed by atoms with van der Waals surface area (Å²) in [5, 5.41) is 23.8. The van der Waals surface area contributed by atoms with Crippen molar-refractivity contribution in [3.05, 3.63) is 97.2 Å². The summed E-state index contributed by atoms with van der Waals surface area (Å²) in [6, 6.07) is -0.726. The van der Waals surface area contributed by atoms with Crippen molar-refractivity contribution in [2.24, 2.45) is 0 Å². The maximum Gasteiger partial charge on any atom is 0.306 e. The summed E-state index contributed by atoms with van der Waals surface area (Å²) in [6.07, 6.45) is 67.6. The maximum absolute atomic E-state index is 13.2. The molecule has 0 radical (unpaired) electrons. The van der Waals surface area contributed by atoms with Crippen LogP contribution in [-0.4, -0.2) is 46.9 Å². The number of hydrogen-bond donors (Lipinski definition) is 3. The predicted molar refractivity (Wildman–Crippen MR) is 277 cm³/mol. The average Bonchev–Trinajstić information content (AvgIpc) is 3.29. The SMILES string of the molecule is CC/C=C\C/C=C\C/C=C\C/C=C\C/C=C\CCCC(=O)OC(CCCCCCC/C=C/C=C/C=C/CC)CC(=O)NC(CO)C(O)CCCCCCCCCCCCCCCCC. The van der Waals surface area contributed by atoms with Crippen LogP contribution in [0.2, 0.25) is 0 Å². The van der Waals surface area contributed by atoms with Crippen molar-refractivity contribution < 1.29 is 24.5 Å². The fourth-order valence-electron chi connectivity index (χ4n) is 7.52. The Morgan fingerprint density at radius 1 is 0.484 bits per heavy atom. The third-order valence-electron chi connectivity index (χ3n) is 11.5. The van der Waals surface area contributed by atoms with Crippen LogP contribution < -0.4 is 5.32 Å². The number of amides is 1. The smallest absolute Gasteiger partial charge is 0.306 e. The Balaban J connectivity index is 4.68. The van der Waals surface area contributed by atoms with Crippen LogP contribution in [-0.2, 0) is 14.3 Å². The second kappa shape index (κ2) is 50.8. The molecule has 366 valence electrons. The number of unbranched alkanes of at least 4 members (excludes halogenated alkanes) is 20. The van der Waals surface area contributed by atoms with E-state index in [2.05, 4.69) is 123 Å². The second-order valence-electron chi connectivity index (χ2n) is 17.6. The number of aliphatic hydroxyl groups excluding tert-OH is 2. The lowest BCUT2D eigenvalue weighted by molar-refractivity contribution is -0.151. The summed E-state index contributed by atoms with van der Waals surface area (Å²) >= 11 is 0. The highest BCUT2D eigenvalue weighted by Crippen LogP contribution is 2.17. The maximum atomic E-state index is 13.2. The average molecular weight is 890 g/mol. The van der Waals surface area contributed by atoms with E-state index in [0.717, 1.165) is 103 Å². The van der Waals surface area contributed by atoms with Gasteiger partial charge in [-0.3, -0.25) is 9.59 Å². The number of carbonyl (C=O) groups excluding carboxylic acids is 2. The van der Waals surface area contributed by atoms with E-state index in [0.29, 0.717) is 25.7 Å². The molecule has 6 heteroatoms. The van der Waals surface area contributed by atoms with Gasteiger partial charge in [0.2, 0.25) is 5.91 Å². The molecule has 3 atom stereocenters. The van der Waals surface area contributed by atoms with Crippen molar-refractivity contribution in [3.63, 3.8) is 0 Å². The van der Waals surface area contributed by atoms with Gasteiger partial charge in [-0.05, 0) is 83.5 Å². The Morgan fingerprint density at radius 2 is 0.922 bits per heavy atom. The van der Waals surface area contributed by atoms with Gasteiger partial charge in [-0.1, -0.05) is 234 Å². The number of carbonyl (C=O) groups is 2. The van der Waals surface area contributed by atoms with Crippen LogP contribution in [0, 0.1) is 0 Å². The van der Waals surface area contributed by atoms with Crippen LogP contribution in [0.3, 0.4) is 0 Å². The molecule has 0 bridgehead atoms. The molecule has 3 unspecified atom stereocenters. The van der Waals surface area contributed by atoms with Crippen molar-refractivity contribution >= 4 is 11.9 Å². The Hall–Kier alpha value is -3.22. The van der Waals surface area contributed by atoms with Crippen LogP contribution in [0.5, 0.6) is 0 Å². The van der Waals surface area contributed by atoms with Crippen LogP contribution >= 0.6 is 0 Å². The van der Waals surface area contributed by atoms with E-state index < -0.39 is 18.2 Å². The van der Waals surface area contributed by atoms with Gasteiger partial charge >= 0.3 is 5.97 Å². The summed E-state index contributed by atoms with van der Waals surface area (Å²) in [4.78, 5) is 26.2. The van der Waals surface area contributed by atoms with Crippen LogP contribution in [0.15, 0.2) is 97.2 Å². The van der Waals surface area contributed by atoms with E-state index >= 15 is 0 Å². The lowest BCUT2D eigenvalue weighted by atomic mass is 10.0. The number of hydrogen-bond acceptors (Lipinski definition) is 5. The molecule has 0 aromatic heterocycles. The Kier molecular flexibility index (Phi) is 48.2. The zero-order valence-corrected chi connectivity index (χ0v) is 41.6. The van der Waals surface area contributed by atoms with Gasteiger partial charge < -0.3 is 20.3 Å². The topological polar surface area (TPSA) is 95.9 Å². The van der Waals surface area contributed by atoms with Gasteiger partial charge in [0.05, 0.1) is 25.2 Å². The van der Waals surface area contributed by atoms with Crippen molar-refractivity contribution in [2.75, 3.05) is 6.61 Å². The molecule has 0 rings (SSSR count). The molecular formula is C58H99NO5. The minimum absolute atomic E-state index is 0.0362. The summed E-state index contributed by atoms with van der Waals surface area (Å²) in [5.74, 6) is -0.569. The lowest BCUT2D eigenvalue weighted by Crippen LogP contribution is -2.46. The fraction of sp³-hybridized carbons (Fsp3) is 0.690. The highest BCUT2D eigenvalue weighted by molar-refractivity contribution is 5.77. The zero-order chi connectivity index (χ0) is 46.7. The molecule has 3 N–H and O–H groups in total. The molecule has 0 heterocycles. The molecule has 0 saturated carbocycles. The standard InChI is InChI=1S/C58H99NO5/c1-4-7-10-13-16-19-22-25-27-28-30-33-36-39-42-45-48-51-58(63)64-54(49-46-43-40-37-34-31-24-21-18-15-12-9-6-3)52-57(62)59-55(53-60)56(61)50-47-44-41-38-35-32-29-26-23-20-17-14-11-8-5-2/h7,9-10,12,15-16,18-19,21,24-25,27,30,33,39,42,54-56,60-61H,4-6,8,11,13-14,17,20,22-23,26,28-29,31-32,34-38,40-41,43-53H2,1-3H3,(H,59,62)/b10-7-,12-9+,18-15+,19-16-,24-21+,27-25-,33-30-,42-39-. The normalized spacial score (nSPS) is 14.0. The quantitative estimate of drug-likeness (QED) is 0.0245. The molecule has 0 aliphatic carbocycles. The van der Waals surface area contributed by atoms with E-state index in [9.17, 15) is 19.8 Å². The van der Waals surface area contributed by atoms with Crippen molar-refractivity contribution in [2.45, 2.75) is 251 Å². The monoisotopic (exact) mass is 890 g/mol. The Labute approximate surface area is 395 Å². The molecule has 6 nitrogen and oxygen atoms in total. The van der Waals surface area contributed by atoms with Crippen LogP contribution in [0.4, 0.5) is 0 Å². The van der Waals surface area contributed by atoms with Gasteiger partial charge in [0.25, 0.3) is 0 Å². The van der Waals surface area contributed by atoms with Gasteiger partial charge in [0, 0.05) is 6.42 Å². The van der Waals surface area contributed by atoms with E-state index in [1.165, 1.54) is 77.0 Å². The summed E-state index contributed by atoms with van der Waals surface area (Å²) in [6.45, 7) is 6.22. The zero-order valence-electron chi connectivity index (χ0n) is 41.6. The number of ether oxygens (including phenoxy) is 1. The molecular weight excluding hydrogens is 791 g/mol. The first kappa shape index (κ1) is 60.8. The first-order chi connectivity index (χ1) is 31.5. The van der Waals surface area contributed by atoms with Gasteiger partial charge in [0.15, 0.2) is 0 Å². The molecule has 0 aromatic carbocycles. The van der Waals surface area contributed by atoms with Crippen molar-refractivity contribution in [1.29, 1.82) is 0 Å². The summed E-state index contributed by atoms with van der Waals surface area (Å²) < 4.78 is 5.90. The highest BCUT2D eigenvalue weighted by atomic mass is 16.5. The van der Waals surface area contributed by atoms with Crippen molar-refractivity contribution in [1.82, 2.24) is 5.32 Å². The molecule has 0 aromatic rings. The molecule has 1 amide bonds. The number of aliphatic hydroxyl groups is 2. The van der Waals surface area contributed by atoms with Gasteiger partial charge in [0.1, 0.15) is 6.10 Å². The first-order valence-electron chi connectivity index (χ1n) is 26.5. The molecule has 0 fully saturated rings. The molecule has 0 aliphatic heterocycles. The minimum atomic E-state index is -0.809. The third-order valence-corrected chi connectivity index (χ3v) is 11.5. The largest absolute Gasteiger partial charge is 0.462 e. The van der Waals surface area contributed by atoms with Crippen molar-refractivity contribution in [3.8, 4) is 0 Å². The molecule has 64 heavy (non-hydrogen) atoms. The van der Waals surface area contributed by atoms with E-state index in [-0.39, 0.29) is 24.9 Å². The van der Waals surface area contributed by atoms with E-state index in [1.54, 1.807) is 0 Å². The van der Waals surface area contributed by atoms with E-state index in [1.807, 2.05) is 0 Å². The van der Waals surface area contributed by atoms with Gasteiger partial charge in [-0.2, -0.15) is 0 Å². The van der Waals surface area contributed by atoms with Crippen LogP contribution in [0.1, 0.15) is 233 Å². The number of allylic oxidation sites excluding steroid dienone is 16. The summed E-state index contributed by atoms with van der Waals surface area (Å²) in [5.41, 5.74) is 0. The predicted octanol–water partition coefficient (Wildman–Crippen LogP) is 16.1. The van der Waals surface area contributed by atoms with E-state index in [4.69, 9.17) is 4.74 Å². The van der Waals surface area contributed by atoms with Gasteiger partial charge in [-0.25, -0.2) is 0 Å². The van der Waals surface area contributed by atoms with Crippen LogP contribution in [0.25, 0.3) is 0 Å². The Morgan fingerprint density at radius 3 is 1.44 bits per heavy atom. The number of rotatable bonds is 46. The lowest BCUT2D eigenvalue weighted by Gasteiger charge is -2.24. The molecule has 0 saturated heterocycles. The fourth-order valence-corrected chi connectivity index (χ4v) is 7.52.